The first-order valence-corrected chi connectivity index (χ1v) is 7.33. The molecule has 1 aliphatic carbocycles. The van der Waals surface area contributed by atoms with Gasteiger partial charge in [-0.05, 0) is 30.4 Å². The highest BCUT2D eigenvalue weighted by molar-refractivity contribution is 7.99. The van der Waals surface area contributed by atoms with Gasteiger partial charge < -0.3 is 10.8 Å². The summed E-state index contributed by atoms with van der Waals surface area (Å²) in [5, 5.41) is 8.90. The fraction of sp³-hybridized carbons (Fsp3) is 1.00. The second-order valence-corrected chi connectivity index (χ2v) is 5.96. The largest absolute Gasteiger partial charge is 0.396 e. The molecule has 0 aromatic heterocycles. The molecule has 0 bridgehead atoms. The molecule has 1 rings (SSSR count). The molecule has 90 valence electrons. The molecular formula is C12H25NOS. The molecule has 0 heterocycles. The Labute approximate surface area is 98.0 Å². The fourth-order valence-electron chi connectivity index (χ4n) is 2.16. The Morgan fingerprint density at radius 2 is 1.93 bits per heavy atom. The van der Waals surface area contributed by atoms with Crippen molar-refractivity contribution < 1.29 is 5.11 Å². The maximum atomic E-state index is 8.90. The van der Waals surface area contributed by atoms with Crippen LogP contribution in [-0.2, 0) is 0 Å². The Kier molecular flexibility index (Phi) is 6.69. The lowest BCUT2D eigenvalue weighted by molar-refractivity contribution is 0.250. The van der Waals surface area contributed by atoms with Crippen molar-refractivity contribution in [3.8, 4) is 0 Å². The van der Waals surface area contributed by atoms with Crippen molar-refractivity contribution in [3.05, 3.63) is 0 Å². The standard InChI is InChI=1S/C12H25NOS/c1-10(7-14)8-15-9-12(13)11-5-3-2-4-6-11/h10-12,14H,2-9,13H2,1H3. The lowest BCUT2D eigenvalue weighted by atomic mass is 9.85. The zero-order valence-corrected chi connectivity index (χ0v) is 10.6. The third-order valence-corrected chi connectivity index (χ3v) is 4.71. The van der Waals surface area contributed by atoms with E-state index in [1.165, 1.54) is 32.1 Å². The number of aliphatic hydroxyl groups is 1. The van der Waals surface area contributed by atoms with E-state index in [2.05, 4.69) is 6.92 Å². The fourth-order valence-corrected chi connectivity index (χ4v) is 3.34. The first-order chi connectivity index (χ1) is 7.24. The summed E-state index contributed by atoms with van der Waals surface area (Å²) in [7, 11) is 0. The zero-order valence-electron chi connectivity index (χ0n) is 9.82. The summed E-state index contributed by atoms with van der Waals surface area (Å²) in [6.45, 7) is 2.38. The number of aliphatic hydroxyl groups excluding tert-OH is 1. The normalized spacial score (nSPS) is 22.6. The van der Waals surface area contributed by atoms with Crippen LogP contribution in [0.25, 0.3) is 0 Å². The van der Waals surface area contributed by atoms with Crippen LogP contribution in [0.2, 0.25) is 0 Å². The molecule has 3 N–H and O–H groups in total. The molecule has 2 nitrogen and oxygen atoms in total. The summed E-state index contributed by atoms with van der Waals surface area (Å²) in [5.74, 6) is 3.27. The predicted molar refractivity (Wildman–Crippen MR) is 68.1 cm³/mol. The van der Waals surface area contributed by atoms with Gasteiger partial charge in [0.25, 0.3) is 0 Å². The second kappa shape index (κ2) is 7.53. The molecule has 2 atom stereocenters. The first kappa shape index (κ1) is 13.3. The average Bonchev–Trinajstić information content (AvgIpc) is 2.29. The smallest absolute Gasteiger partial charge is 0.0464 e. The zero-order chi connectivity index (χ0) is 11.1. The third-order valence-electron chi connectivity index (χ3n) is 3.28. The first-order valence-electron chi connectivity index (χ1n) is 6.18. The van der Waals surface area contributed by atoms with Gasteiger partial charge in [-0.15, -0.1) is 0 Å². The Hall–Kier alpha value is 0.270. The van der Waals surface area contributed by atoms with E-state index in [0.717, 1.165) is 17.4 Å². The summed E-state index contributed by atoms with van der Waals surface area (Å²) in [4.78, 5) is 0. The average molecular weight is 231 g/mol. The molecule has 15 heavy (non-hydrogen) atoms. The van der Waals surface area contributed by atoms with E-state index in [4.69, 9.17) is 10.8 Å². The van der Waals surface area contributed by atoms with Crippen LogP contribution in [0, 0.1) is 11.8 Å². The minimum Gasteiger partial charge on any atom is -0.396 e. The molecule has 0 aromatic rings. The van der Waals surface area contributed by atoms with Crippen LogP contribution in [0.5, 0.6) is 0 Å². The third kappa shape index (κ3) is 5.23. The van der Waals surface area contributed by atoms with Crippen LogP contribution in [0.4, 0.5) is 0 Å². The topological polar surface area (TPSA) is 46.2 Å². The molecule has 1 fully saturated rings. The van der Waals surface area contributed by atoms with E-state index in [9.17, 15) is 0 Å². The van der Waals surface area contributed by atoms with Crippen molar-refractivity contribution in [1.29, 1.82) is 0 Å². The molecule has 2 unspecified atom stereocenters. The number of hydrogen-bond donors (Lipinski definition) is 2. The molecule has 3 heteroatoms. The van der Waals surface area contributed by atoms with E-state index in [-0.39, 0.29) is 0 Å². The minimum atomic E-state index is 0.297. The Bertz CT molecular complexity index is 160. The minimum absolute atomic E-state index is 0.297. The lowest BCUT2D eigenvalue weighted by Crippen LogP contribution is -2.34. The van der Waals surface area contributed by atoms with Gasteiger partial charge >= 0.3 is 0 Å². The van der Waals surface area contributed by atoms with Gasteiger partial charge in [0.1, 0.15) is 0 Å². The van der Waals surface area contributed by atoms with Gasteiger partial charge in [0, 0.05) is 18.4 Å². The maximum Gasteiger partial charge on any atom is 0.0464 e. The number of rotatable bonds is 6. The Morgan fingerprint density at radius 1 is 1.27 bits per heavy atom. The highest BCUT2D eigenvalue weighted by Gasteiger charge is 2.20. The highest BCUT2D eigenvalue weighted by Crippen LogP contribution is 2.27. The molecule has 1 aliphatic rings. The van der Waals surface area contributed by atoms with Gasteiger partial charge in [-0.3, -0.25) is 0 Å². The quantitative estimate of drug-likeness (QED) is 0.737. The predicted octanol–water partition coefficient (Wildman–Crippen LogP) is 2.26. The molecule has 0 aromatic carbocycles. The van der Waals surface area contributed by atoms with Gasteiger partial charge in [0.2, 0.25) is 0 Å². The molecule has 0 spiro atoms. The van der Waals surface area contributed by atoms with Crippen LogP contribution < -0.4 is 5.73 Å². The van der Waals surface area contributed by atoms with Crippen molar-refractivity contribution in [3.63, 3.8) is 0 Å². The summed E-state index contributed by atoms with van der Waals surface area (Å²) < 4.78 is 0. The Morgan fingerprint density at radius 3 is 2.53 bits per heavy atom. The molecule has 0 aliphatic heterocycles. The monoisotopic (exact) mass is 231 g/mol. The van der Waals surface area contributed by atoms with Crippen molar-refractivity contribution in [1.82, 2.24) is 0 Å². The maximum absolute atomic E-state index is 8.90. The number of thioether (sulfide) groups is 1. The van der Waals surface area contributed by atoms with Crippen molar-refractivity contribution in [2.75, 3.05) is 18.1 Å². The van der Waals surface area contributed by atoms with E-state index in [1.54, 1.807) is 0 Å². The van der Waals surface area contributed by atoms with E-state index in [1.807, 2.05) is 11.8 Å². The molecule has 0 amide bonds. The van der Waals surface area contributed by atoms with Gasteiger partial charge in [-0.2, -0.15) is 11.8 Å². The number of hydrogen-bond acceptors (Lipinski definition) is 3. The second-order valence-electron chi connectivity index (χ2n) is 4.89. The van der Waals surface area contributed by atoms with Crippen LogP contribution in [0.3, 0.4) is 0 Å². The summed E-state index contributed by atoms with van der Waals surface area (Å²) in [6.07, 6.45) is 6.80. The van der Waals surface area contributed by atoms with Crippen molar-refractivity contribution in [2.45, 2.75) is 45.1 Å². The van der Waals surface area contributed by atoms with Gasteiger partial charge in [0.15, 0.2) is 0 Å². The van der Waals surface area contributed by atoms with E-state index in [0.29, 0.717) is 18.6 Å². The molecule has 0 radical (unpaired) electrons. The van der Waals surface area contributed by atoms with Crippen LogP contribution in [0.1, 0.15) is 39.0 Å². The molecule has 1 saturated carbocycles. The van der Waals surface area contributed by atoms with Gasteiger partial charge in [0.05, 0.1) is 0 Å². The Balaban J connectivity index is 2.09. The van der Waals surface area contributed by atoms with Crippen LogP contribution in [-0.4, -0.2) is 29.3 Å². The summed E-state index contributed by atoms with van der Waals surface area (Å²) in [5.41, 5.74) is 6.19. The van der Waals surface area contributed by atoms with E-state index >= 15 is 0 Å². The van der Waals surface area contributed by atoms with E-state index < -0.39 is 0 Å². The van der Waals surface area contributed by atoms with Gasteiger partial charge in [-0.25, -0.2) is 0 Å². The number of nitrogens with two attached hydrogens (primary N) is 1. The molecular weight excluding hydrogens is 206 g/mol. The van der Waals surface area contributed by atoms with Crippen molar-refractivity contribution >= 4 is 11.8 Å². The SMILES string of the molecule is CC(CO)CSCC(N)C1CCCCC1. The molecule has 0 saturated heterocycles. The highest BCUT2D eigenvalue weighted by atomic mass is 32.2. The lowest BCUT2D eigenvalue weighted by Gasteiger charge is -2.27. The summed E-state index contributed by atoms with van der Waals surface area (Å²) in [6, 6.07) is 0.376. The van der Waals surface area contributed by atoms with Crippen molar-refractivity contribution in [2.24, 2.45) is 17.6 Å². The van der Waals surface area contributed by atoms with Crippen LogP contribution in [0.15, 0.2) is 0 Å². The summed E-state index contributed by atoms with van der Waals surface area (Å²) >= 11 is 1.90. The van der Waals surface area contributed by atoms with Crippen LogP contribution >= 0.6 is 11.8 Å². The van der Waals surface area contributed by atoms with Gasteiger partial charge in [-0.1, -0.05) is 26.2 Å².